The highest BCUT2D eigenvalue weighted by molar-refractivity contribution is 5.90. The molecule has 2 rings (SSSR count). The first kappa shape index (κ1) is 31.5. The zero-order valence-electron chi connectivity index (χ0n) is 23.1. The number of carbonyl (C=O) groups is 2. The van der Waals surface area contributed by atoms with Crippen molar-refractivity contribution in [1.82, 2.24) is 9.97 Å². The number of hydrogen-bond donors (Lipinski definition) is 1. The summed E-state index contributed by atoms with van der Waals surface area (Å²) in [5.74, 6) is 4.42. The van der Waals surface area contributed by atoms with Gasteiger partial charge in [-0.2, -0.15) is 0 Å². The van der Waals surface area contributed by atoms with E-state index in [-0.39, 0.29) is 11.3 Å². The molecule has 2 aromatic rings. The summed E-state index contributed by atoms with van der Waals surface area (Å²) >= 11 is 0. The van der Waals surface area contributed by atoms with Crippen LogP contribution in [0.15, 0.2) is 24.3 Å². The largest absolute Gasteiger partial charge is 0.478 e. The Kier molecular flexibility index (Phi) is 13.7. The first-order valence-corrected chi connectivity index (χ1v) is 12.2. The van der Waals surface area contributed by atoms with E-state index >= 15 is 0 Å². The highest BCUT2D eigenvalue weighted by atomic mass is 16.5. The van der Waals surface area contributed by atoms with Gasteiger partial charge in [-0.15, -0.1) is 0 Å². The fourth-order valence-electron chi connectivity index (χ4n) is 3.52. The van der Waals surface area contributed by atoms with Gasteiger partial charge in [-0.1, -0.05) is 12.1 Å². The predicted molar refractivity (Wildman–Crippen MR) is 145 cm³/mol. The summed E-state index contributed by atoms with van der Waals surface area (Å²) in [5, 5.41) is 9.38. The van der Waals surface area contributed by atoms with Crippen molar-refractivity contribution >= 4 is 23.6 Å². The van der Waals surface area contributed by atoms with E-state index in [0.29, 0.717) is 75.5 Å². The van der Waals surface area contributed by atoms with Crippen molar-refractivity contribution in [3.63, 3.8) is 0 Å². The quantitative estimate of drug-likeness (QED) is 0.243. The third-order valence-electron chi connectivity index (χ3n) is 5.59. The second-order valence-corrected chi connectivity index (χ2v) is 8.14. The molecule has 1 aromatic carbocycles. The second kappa shape index (κ2) is 17.0. The highest BCUT2D eigenvalue weighted by Gasteiger charge is 2.23. The summed E-state index contributed by atoms with van der Waals surface area (Å²) in [6.45, 7) is 3.44. The van der Waals surface area contributed by atoms with Crippen LogP contribution in [0.5, 0.6) is 0 Å². The van der Waals surface area contributed by atoms with Crippen molar-refractivity contribution in [3.05, 3.63) is 35.5 Å². The van der Waals surface area contributed by atoms with Gasteiger partial charge in [-0.25, -0.2) is 19.6 Å². The number of anilines is 2. The average molecular weight is 545 g/mol. The summed E-state index contributed by atoms with van der Waals surface area (Å²) in [7, 11) is 7.65. The molecule has 1 N–H and O–H groups in total. The second-order valence-electron chi connectivity index (χ2n) is 8.14. The fraction of sp³-hybridized carbons (Fsp3) is 0.481. The summed E-state index contributed by atoms with van der Waals surface area (Å²) < 4.78 is 25.9. The number of carboxylic acids is 1. The van der Waals surface area contributed by atoms with E-state index in [1.54, 1.807) is 40.6 Å². The maximum atomic E-state index is 11.9. The summed E-state index contributed by atoms with van der Waals surface area (Å²) in [6.07, 6.45) is 0. The van der Waals surface area contributed by atoms with Crippen LogP contribution in [-0.2, 0) is 28.5 Å². The van der Waals surface area contributed by atoms with Crippen molar-refractivity contribution in [1.29, 1.82) is 0 Å². The van der Waals surface area contributed by atoms with Crippen molar-refractivity contribution in [3.8, 4) is 23.1 Å². The molecule has 39 heavy (non-hydrogen) atoms. The van der Waals surface area contributed by atoms with Gasteiger partial charge in [0, 0.05) is 66.1 Å². The molecule has 0 atom stereocenters. The van der Waals surface area contributed by atoms with E-state index < -0.39 is 11.9 Å². The van der Waals surface area contributed by atoms with Gasteiger partial charge in [-0.3, -0.25) is 0 Å². The zero-order chi connectivity index (χ0) is 28.6. The Morgan fingerprint density at radius 3 is 1.69 bits per heavy atom. The Hall–Kier alpha value is -3.76. The Morgan fingerprint density at radius 1 is 0.769 bits per heavy atom. The number of ether oxygens (including phenoxy) is 5. The normalized spacial score (nSPS) is 10.5. The van der Waals surface area contributed by atoms with E-state index in [4.69, 9.17) is 33.7 Å². The standard InChI is InChI=1S/C27H36N4O8/c1-35-16-12-30(13-17-36-2)25-22(10-11-23(32)39-5)28-26(31(14-18-37-3)15-19-38-4)24(29-25)20-6-8-21(9-7-20)27(33)34/h6-9H,12-19H2,1-5H3,(H,33,34). The number of esters is 1. The van der Waals surface area contributed by atoms with E-state index in [9.17, 15) is 14.7 Å². The molecule has 0 fully saturated rings. The van der Waals surface area contributed by atoms with Crippen LogP contribution in [-0.4, -0.2) is 115 Å². The molecule has 1 heterocycles. The molecule has 0 aliphatic rings. The smallest absolute Gasteiger partial charge is 0.384 e. The number of aromatic carboxylic acids is 1. The number of carboxylic acid groups (broad SMARTS) is 1. The van der Waals surface area contributed by atoms with Crippen LogP contribution in [0.4, 0.5) is 11.6 Å². The van der Waals surface area contributed by atoms with Crippen LogP contribution in [0.25, 0.3) is 11.3 Å². The maximum Gasteiger partial charge on any atom is 0.384 e. The van der Waals surface area contributed by atoms with Crippen LogP contribution in [0, 0.1) is 11.8 Å². The monoisotopic (exact) mass is 544 g/mol. The highest BCUT2D eigenvalue weighted by Crippen LogP contribution is 2.32. The molecular weight excluding hydrogens is 508 g/mol. The van der Waals surface area contributed by atoms with E-state index in [0.717, 1.165) is 0 Å². The zero-order valence-corrected chi connectivity index (χ0v) is 23.1. The van der Waals surface area contributed by atoms with Crippen molar-refractivity contribution < 1.29 is 38.4 Å². The molecule has 0 spiro atoms. The van der Waals surface area contributed by atoms with Gasteiger partial charge in [0.1, 0.15) is 5.69 Å². The van der Waals surface area contributed by atoms with Gasteiger partial charge in [0.25, 0.3) is 0 Å². The van der Waals surface area contributed by atoms with Gasteiger partial charge in [-0.05, 0) is 18.1 Å². The van der Waals surface area contributed by atoms with Gasteiger partial charge in [0.15, 0.2) is 17.3 Å². The lowest BCUT2D eigenvalue weighted by Gasteiger charge is -2.29. The lowest BCUT2D eigenvalue weighted by molar-refractivity contribution is -0.133. The van der Waals surface area contributed by atoms with Crippen molar-refractivity contribution in [2.45, 2.75) is 0 Å². The molecule has 212 valence electrons. The summed E-state index contributed by atoms with van der Waals surface area (Å²) in [6, 6.07) is 6.38. The van der Waals surface area contributed by atoms with Crippen LogP contribution >= 0.6 is 0 Å². The molecule has 0 radical (unpaired) electrons. The fourth-order valence-corrected chi connectivity index (χ4v) is 3.52. The minimum atomic E-state index is -1.03. The molecule has 0 amide bonds. The number of benzene rings is 1. The lowest BCUT2D eigenvalue weighted by Crippen LogP contribution is -2.35. The Morgan fingerprint density at radius 2 is 1.26 bits per heavy atom. The summed E-state index contributed by atoms with van der Waals surface area (Å²) in [4.78, 5) is 37.1. The van der Waals surface area contributed by atoms with Crippen LogP contribution in [0.1, 0.15) is 16.1 Å². The SMILES string of the molecule is COCCN(CCOC)c1nc(-c2ccc(C(=O)O)cc2)c(N(CCOC)CCOC)nc1C#CC(=O)OC. The van der Waals surface area contributed by atoms with E-state index in [2.05, 4.69) is 11.8 Å². The maximum absolute atomic E-state index is 11.9. The molecular formula is C27H36N4O8. The number of aromatic nitrogens is 2. The Labute approximate surface area is 228 Å². The molecule has 0 saturated heterocycles. The molecule has 0 bridgehead atoms. The molecule has 12 nitrogen and oxygen atoms in total. The minimum absolute atomic E-state index is 0.145. The van der Waals surface area contributed by atoms with Crippen molar-refractivity contribution in [2.24, 2.45) is 0 Å². The molecule has 0 unspecified atom stereocenters. The third kappa shape index (κ3) is 9.49. The lowest BCUT2D eigenvalue weighted by atomic mass is 10.1. The number of methoxy groups -OCH3 is 5. The molecule has 0 saturated carbocycles. The Bertz CT molecular complexity index is 1120. The van der Waals surface area contributed by atoms with E-state index in [1.807, 2.05) is 9.80 Å². The third-order valence-corrected chi connectivity index (χ3v) is 5.59. The molecule has 1 aromatic heterocycles. The van der Waals surface area contributed by atoms with Gasteiger partial charge >= 0.3 is 11.9 Å². The number of rotatable bonds is 16. The molecule has 0 aliphatic heterocycles. The first-order valence-electron chi connectivity index (χ1n) is 12.2. The number of nitrogens with zero attached hydrogens (tertiary/aromatic N) is 4. The Balaban J connectivity index is 2.85. The first-order chi connectivity index (χ1) is 18.9. The van der Waals surface area contributed by atoms with Crippen LogP contribution in [0.2, 0.25) is 0 Å². The van der Waals surface area contributed by atoms with Crippen LogP contribution < -0.4 is 9.80 Å². The number of carbonyl (C=O) groups excluding carboxylic acids is 1. The van der Waals surface area contributed by atoms with Gasteiger partial charge in [0.2, 0.25) is 0 Å². The minimum Gasteiger partial charge on any atom is -0.478 e. The predicted octanol–water partition coefficient (Wildman–Crippen LogP) is 1.56. The molecule has 0 aliphatic carbocycles. The van der Waals surface area contributed by atoms with Gasteiger partial charge < -0.3 is 38.6 Å². The van der Waals surface area contributed by atoms with Crippen LogP contribution in [0.3, 0.4) is 0 Å². The average Bonchev–Trinajstić information content (AvgIpc) is 2.96. The number of hydrogen-bond acceptors (Lipinski definition) is 11. The van der Waals surface area contributed by atoms with E-state index in [1.165, 1.54) is 19.2 Å². The molecule has 12 heteroatoms. The van der Waals surface area contributed by atoms with Gasteiger partial charge in [0.05, 0.1) is 39.1 Å². The van der Waals surface area contributed by atoms with Crippen molar-refractivity contribution in [2.75, 3.05) is 98.0 Å². The summed E-state index contributed by atoms with van der Waals surface area (Å²) in [5.41, 5.74) is 1.55. The topological polar surface area (TPSA) is 133 Å².